The topological polar surface area (TPSA) is 57.8 Å². The minimum atomic E-state index is -0.437. The molecule has 2 aliphatic carbocycles. The predicted molar refractivity (Wildman–Crippen MR) is 80.1 cm³/mol. The van der Waals surface area contributed by atoms with Crippen LogP contribution in [0.1, 0.15) is 61.7 Å². The zero-order valence-corrected chi connectivity index (χ0v) is 12.2. The Morgan fingerprint density at radius 3 is 2.62 bits per heavy atom. The molecule has 0 unspecified atom stereocenters. The molecule has 2 aromatic rings. The van der Waals surface area contributed by atoms with Gasteiger partial charge in [-0.05, 0) is 62.0 Å². The van der Waals surface area contributed by atoms with Crippen LogP contribution >= 0.6 is 0 Å². The zero-order chi connectivity index (χ0) is 14.4. The largest absolute Gasteiger partial charge is 0.393 e. The highest BCUT2D eigenvalue weighted by atomic mass is 16.3. The van der Waals surface area contributed by atoms with Gasteiger partial charge in [0, 0.05) is 11.8 Å². The lowest BCUT2D eigenvalue weighted by Gasteiger charge is -2.30. The molecule has 1 atom stereocenters. The molecule has 21 heavy (non-hydrogen) atoms. The van der Waals surface area contributed by atoms with Gasteiger partial charge in [0.25, 0.3) is 0 Å². The summed E-state index contributed by atoms with van der Waals surface area (Å²) in [6.45, 7) is 0. The molecular weight excluding hydrogens is 264 g/mol. The van der Waals surface area contributed by atoms with Crippen LogP contribution in [0.3, 0.4) is 0 Å². The highest BCUT2D eigenvalue weighted by Gasteiger charge is 2.33. The van der Waals surface area contributed by atoms with E-state index in [1.54, 1.807) is 6.33 Å². The molecule has 0 aromatic carbocycles. The van der Waals surface area contributed by atoms with E-state index in [4.69, 9.17) is 0 Å². The lowest BCUT2D eigenvalue weighted by atomic mass is 9.80. The first-order chi connectivity index (χ1) is 10.2. The van der Waals surface area contributed by atoms with E-state index in [-0.39, 0.29) is 12.0 Å². The van der Waals surface area contributed by atoms with Crippen LogP contribution in [0.15, 0.2) is 24.8 Å². The Kier molecular flexibility index (Phi) is 3.23. The van der Waals surface area contributed by atoms with Crippen LogP contribution in [0.4, 0.5) is 0 Å². The van der Waals surface area contributed by atoms with Crippen molar-refractivity contribution >= 4 is 5.52 Å². The van der Waals surface area contributed by atoms with Gasteiger partial charge in [-0.25, -0.2) is 4.98 Å². The van der Waals surface area contributed by atoms with Crippen LogP contribution in [-0.4, -0.2) is 25.7 Å². The summed E-state index contributed by atoms with van der Waals surface area (Å²) in [6.07, 6.45) is 11.0. The van der Waals surface area contributed by atoms with Gasteiger partial charge < -0.3 is 14.6 Å². The van der Waals surface area contributed by atoms with Crippen molar-refractivity contribution in [3.05, 3.63) is 35.9 Å². The first-order valence-electron chi connectivity index (χ1n) is 8.04. The molecule has 0 aliphatic heterocycles. The molecule has 0 radical (unpaired) electrons. The summed E-state index contributed by atoms with van der Waals surface area (Å²) in [5.74, 6) is 0.871. The highest BCUT2D eigenvalue weighted by Crippen LogP contribution is 2.46. The van der Waals surface area contributed by atoms with E-state index in [2.05, 4.69) is 17.2 Å². The normalized spacial score (nSPS) is 27.9. The lowest BCUT2D eigenvalue weighted by Crippen LogP contribution is -2.24. The first kappa shape index (κ1) is 13.3. The van der Waals surface area contributed by atoms with Crippen molar-refractivity contribution in [3.8, 4) is 0 Å². The van der Waals surface area contributed by atoms with Gasteiger partial charge in [0.05, 0.1) is 30.2 Å². The van der Waals surface area contributed by atoms with Crippen molar-refractivity contribution in [2.24, 2.45) is 5.92 Å². The molecule has 2 aromatic heterocycles. The second kappa shape index (κ2) is 5.11. The number of aliphatic hydroxyl groups is 2. The number of aromatic nitrogens is 2. The van der Waals surface area contributed by atoms with Gasteiger partial charge in [0.1, 0.15) is 0 Å². The van der Waals surface area contributed by atoms with Crippen molar-refractivity contribution in [3.63, 3.8) is 0 Å². The van der Waals surface area contributed by atoms with E-state index in [1.165, 1.54) is 18.4 Å². The van der Waals surface area contributed by atoms with Crippen LogP contribution in [0.2, 0.25) is 0 Å². The number of aliphatic hydroxyl groups excluding tert-OH is 2. The fourth-order valence-electron chi connectivity index (χ4n) is 3.76. The van der Waals surface area contributed by atoms with Crippen molar-refractivity contribution < 1.29 is 10.2 Å². The average Bonchev–Trinajstić information content (AvgIpc) is 3.23. The van der Waals surface area contributed by atoms with E-state index in [0.29, 0.717) is 5.92 Å². The summed E-state index contributed by atoms with van der Waals surface area (Å²) in [4.78, 5) is 4.23. The second-order valence-electron chi connectivity index (χ2n) is 6.66. The van der Waals surface area contributed by atoms with Gasteiger partial charge in [0.15, 0.2) is 0 Å². The Morgan fingerprint density at radius 1 is 1.14 bits per heavy atom. The first-order valence-corrected chi connectivity index (χ1v) is 8.04. The second-order valence-corrected chi connectivity index (χ2v) is 6.66. The molecule has 4 nitrogen and oxygen atoms in total. The number of fused-ring (bicyclic) bond motifs is 1. The Bertz CT molecular complexity index is 639. The van der Waals surface area contributed by atoms with E-state index in [9.17, 15) is 10.2 Å². The van der Waals surface area contributed by atoms with Crippen molar-refractivity contribution in [1.82, 2.24) is 9.38 Å². The summed E-state index contributed by atoms with van der Waals surface area (Å²) in [5, 5.41) is 20.7. The summed E-state index contributed by atoms with van der Waals surface area (Å²) >= 11 is 0. The molecule has 2 heterocycles. The standard InChI is InChI=1S/C17H22N2O2/c20-13-5-3-12(4-6-13)17(21)16-14(11-1-2-11)7-8-19-10-18-9-15(16)19/h7-13,17,20-21H,1-6H2/t12-,13-,17-/m0/s1. The van der Waals surface area contributed by atoms with Gasteiger partial charge in [-0.15, -0.1) is 0 Å². The number of hydrogen-bond donors (Lipinski definition) is 2. The summed E-state index contributed by atoms with van der Waals surface area (Å²) < 4.78 is 2.00. The highest BCUT2D eigenvalue weighted by molar-refractivity contribution is 5.59. The third-order valence-corrected chi connectivity index (χ3v) is 5.17. The van der Waals surface area contributed by atoms with Gasteiger partial charge >= 0.3 is 0 Å². The molecule has 2 N–H and O–H groups in total. The van der Waals surface area contributed by atoms with Gasteiger partial charge in [0.2, 0.25) is 0 Å². The van der Waals surface area contributed by atoms with Crippen LogP contribution in [-0.2, 0) is 0 Å². The van der Waals surface area contributed by atoms with E-state index in [0.717, 1.165) is 36.8 Å². The molecule has 112 valence electrons. The number of rotatable bonds is 3. The maximum absolute atomic E-state index is 11.0. The molecule has 2 aliphatic rings. The SMILES string of the molecule is O[C@H](c1c(C2CC2)ccn2cncc12)[C@H]1CC[C@H](O)CC1. The van der Waals surface area contributed by atoms with Crippen LogP contribution < -0.4 is 0 Å². The lowest BCUT2D eigenvalue weighted by molar-refractivity contribution is 0.0415. The molecule has 4 heteroatoms. The maximum atomic E-state index is 11.0. The zero-order valence-electron chi connectivity index (χ0n) is 12.2. The van der Waals surface area contributed by atoms with Crippen molar-refractivity contribution in [2.45, 2.75) is 56.7 Å². The van der Waals surface area contributed by atoms with Crippen LogP contribution in [0, 0.1) is 5.92 Å². The van der Waals surface area contributed by atoms with Crippen LogP contribution in [0.5, 0.6) is 0 Å². The molecule has 0 bridgehead atoms. The molecular formula is C17H22N2O2. The van der Waals surface area contributed by atoms with Gasteiger partial charge in [-0.3, -0.25) is 0 Å². The molecule has 0 spiro atoms. The number of nitrogens with zero attached hydrogens (tertiary/aromatic N) is 2. The molecule has 0 saturated heterocycles. The van der Waals surface area contributed by atoms with E-state index >= 15 is 0 Å². The van der Waals surface area contributed by atoms with E-state index < -0.39 is 6.10 Å². The molecule has 2 saturated carbocycles. The number of hydrogen-bond acceptors (Lipinski definition) is 3. The third kappa shape index (κ3) is 2.36. The maximum Gasteiger partial charge on any atom is 0.0992 e. The van der Waals surface area contributed by atoms with E-state index in [1.807, 2.05) is 10.6 Å². The summed E-state index contributed by atoms with van der Waals surface area (Å²) in [7, 11) is 0. The number of imidazole rings is 1. The van der Waals surface area contributed by atoms with Gasteiger partial charge in [-0.1, -0.05) is 0 Å². The fourth-order valence-corrected chi connectivity index (χ4v) is 3.76. The number of pyridine rings is 1. The molecule has 2 fully saturated rings. The summed E-state index contributed by atoms with van der Waals surface area (Å²) in [6, 6.07) is 2.16. The summed E-state index contributed by atoms with van der Waals surface area (Å²) in [5.41, 5.74) is 3.43. The van der Waals surface area contributed by atoms with Gasteiger partial charge in [-0.2, -0.15) is 0 Å². The quantitative estimate of drug-likeness (QED) is 0.912. The molecule has 4 rings (SSSR count). The Morgan fingerprint density at radius 2 is 1.90 bits per heavy atom. The van der Waals surface area contributed by atoms with Crippen molar-refractivity contribution in [1.29, 1.82) is 0 Å². The fraction of sp³-hybridized carbons (Fsp3) is 0.588. The molecule has 0 amide bonds. The Balaban J connectivity index is 1.73. The minimum absolute atomic E-state index is 0.179. The Labute approximate surface area is 124 Å². The van der Waals surface area contributed by atoms with Crippen molar-refractivity contribution in [2.75, 3.05) is 0 Å². The Hall–Kier alpha value is -1.39. The monoisotopic (exact) mass is 286 g/mol. The average molecular weight is 286 g/mol. The third-order valence-electron chi connectivity index (χ3n) is 5.17. The predicted octanol–water partition coefficient (Wildman–Crippen LogP) is 2.80. The minimum Gasteiger partial charge on any atom is -0.393 e. The smallest absolute Gasteiger partial charge is 0.0992 e. The van der Waals surface area contributed by atoms with Crippen LogP contribution in [0.25, 0.3) is 5.52 Å².